The van der Waals surface area contributed by atoms with Gasteiger partial charge in [0.1, 0.15) is 0 Å². The fraction of sp³-hybridized carbons (Fsp3) is 0. The van der Waals surface area contributed by atoms with Crippen molar-refractivity contribution < 1.29 is 0 Å². The highest BCUT2D eigenvalue weighted by Crippen LogP contribution is 2.13. The van der Waals surface area contributed by atoms with Crippen molar-refractivity contribution in [3.05, 3.63) is 30.7 Å². The average molecular weight is 192 g/mol. The van der Waals surface area contributed by atoms with Gasteiger partial charge in [-0.15, -0.1) is 0 Å². The Labute approximate surface area is 80.4 Å². The maximum Gasteiger partial charge on any atom is 0.168 e. The molecule has 3 N–H and O–H groups in total. The van der Waals surface area contributed by atoms with Crippen molar-refractivity contribution in [1.29, 1.82) is 0 Å². The first kappa shape index (κ1) is 8.00. The Hall–Kier alpha value is -1.62. The molecule has 0 unspecified atom stereocenters. The molecule has 0 spiro atoms. The summed E-state index contributed by atoms with van der Waals surface area (Å²) in [4.78, 5) is 4.16. The van der Waals surface area contributed by atoms with E-state index in [1.54, 1.807) is 6.20 Å². The first-order valence-corrected chi connectivity index (χ1v) is 4.16. The molecule has 66 valence electrons. The largest absolute Gasteiger partial charge is 0.376 e. The first-order chi connectivity index (χ1) is 6.27. The Morgan fingerprint density at radius 3 is 3.15 bits per heavy atom. The Morgan fingerprint density at radius 1 is 1.54 bits per heavy atom. The van der Waals surface area contributed by atoms with E-state index in [1.165, 1.54) is 0 Å². The molecule has 4 nitrogen and oxygen atoms in total. The second-order valence-corrected chi connectivity index (χ2v) is 3.01. The van der Waals surface area contributed by atoms with Gasteiger partial charge in [0, 0.05) is 18.6 Å². The molecule has 0 saturated heterocycles. The number of rotatable bonds is 1. The Kier molecular flexibility index (Phi) is 1.86. The summed E-state index contributed by atoms with van der Waals surface area (Å²) in [6.45, 7) is 0. The van der Waals surface area contributed by atoms with Crippen LogP contribution in [0.4, 0.5) is 5.69 Å². The predicted molar refractivity (Wildman–Crippen MR) is 55.6 cm³/mol. The predicted octanol–water partition coefficient (Wildman–Crippen LogP) is 0.990. The summed E-state index contributed by atoms with van der Waals surface area (Å²) in [6, 6.07) is 3.77. The topological polar surface area (TPSA) is 55.3 Å². The fourth-order valence-electron chi connectivity index (χ4n) is 1.18. The summed E-state index contributed by atoms with van der Waals surface area (Å²) in [5.41, 5.74) is 7.00. The van der Waals surface area contributed by atoms with Crippen LogP contribution in [0.5, 0.6) is 0 Å². The molecular formula is C8H8N4S. The molecule has 0 bridgehead atoms. The van der Waals surface area contributed by atoms with Gasteiger partial charge in [0.25, 0.3) is 0 Å². The molecule has 0 aliphatic carbocycles. The molecule has 2 rings (SSSR count). The lowest BCUT2D eigenvalue weighted by atomic mass is 10.4. The number of hydrogen-bond acceptors (Lipinski definition) is 2. The summed E-state index contributed by atoms with van der Waals surface area (Å²) in [6.07, 6.45) is 5.49. The van der Waals surface area contributed by atoms with Crippen LogP contribution in [0.3, 0.4) is 0 Å². The van der Waals surface area contributed by atoms with Crippen LogP contribution < -0.4 is 11.1 Å². The monoisotopic (exact) mass is 192 g/mol. The third-order valence-corrected chi connectivity index (χ3v) is 1.78. The van der Waals surface area contributed by atoms with Gasteiger partial charge in [-0.25, -0.2) is 4.98 Å². The highest BCUT2D eigenvalue weighted by Gasteiger charge is 2.00. The van der Waals surface area contributed by atoms with Gasteiger partial charge in [0.15, 0.2) is 10.8 Å². The lowest BCUT2D eigenvalue weighted by Crippen LogP contribution is -2.19. The van der Waals surface area contributed by atoms with E-state index in [-0.39, 0.29) is 5.11 Å². The van der Waals surface area contributed by atoms with Gasteiger partial charge in [-0.2, -0.15) is 0 Å². The summed E-state index contributed by atoms with van der Waals surface area (Å²) in [7, 11) is 0. The zero-order valence-corrected chi connectivity index (χ0v) is 7.58. The first-order valence-electron chi connectivity index (χ1n) is 3.75. The van der Waals surface area contributed by atoms with Gasteiger partial charge in [0.2, 0.25) is 0 Å². The van der Waals surface area contributed by atoms with Crippen LogP contribution in [0, 0.1) is 0 Å². The maximum absolute atomic E-state index is 5.37. The number of pyridine rings is 1. The molecule has 0 atom stereocenters. The van der Waals surface area contributed by atoms with Crippen molar-refractivity contribution in [2.75, 3.05) is 5.32 Å². The minimum atomic E-state index is 0.246. The highest BCUT2D eigenvalue weighted by atomic mass is 32.1. The second kappa shape index (κ2) is 3.02. The molecule has 2 aromatic rings. The molecule has 0 aromatic carbocycles. The number of fused-ring (bicyclic) bond motifs is 1. The van der Waals surface area contributed by atoms with E-state index >= 15 is 0 Å². The fourth-order valence-corrected chi connectivity index (χ4v) is 1.29. The molecule has 0 amide bonds. The van der Waals surface area contributed by atoms with Crippen LogP contribution in [0.1, 0.15) is 0 Å². The summed E-state index contributed by atoms with van der Waals surface area (Å²) >= 11 is 4.74. The molecular weight excluding hydrogens is 184 g/mol. The molecule has 2 heterocycles. The SMILES string of the molecule is NC(=S)Nc1cccn2ccnc12. The van der Waals surface area contributed by atoms with Gasteiger partial charge in [0.05, 0.1) is 5.69 Å². The number of anilines is 1. The molecule has 5 heteroatoms. The third-order valence-electron chi connectivity index (χ3n) is 1.68. The van der Waals surface area contributed by atoms with E-state index in [4.69, 9.17) is 18.0 Å². The molecule has 0 fully saturated rings. The molecule has 0 aliphatic heterocycles. The van der Waals surface area contributed by atoms with Crippen molar-refractivity contribution in [3.63, 3.8) is 0 Å². The van der Waals surface area contributed by atoms with Crippen molar-refractivity contribution in [1.82, 2.24) is 9.38 Å². The van der Waals surface area contributed by atoms with Crippen LogP contribution in [-0.2, 0) is 0 Å². The number of aromatic nitrogens is 2. The summed E-state index contributed by atoms with van der Waals surface area (Å²) < 4.78 is 1.89. The van der Waals surface area contributed by atoms with Gasteiger partial charge < -0.3 is 15.5 Å². The second-order valence-electron chi connectivity index (χ2n) is 2.57. The molecule has 0 radical (unpaired) electrons. The maximum atomic E-state index is 5.37. The standard InChI is InChI=1S/C8H8N4S/c9-8(13)11-6-2-1-4-12-5-3-10-7(6)12/h1-5H,(H3,9,11,13). The van der Waals surface area contributed by atoms with E-state index in [0.29, 0.717) is 0 Å². The van der Waals surface area contributed by atoms with Gasteiger partial charge >= 0.3 is 0 Å². The number of nitrogens with two attached hydrogens (primary N) is 1. The summed E-state index contributed by atoms with van der Waals surface area (Å²) in [5, 5.41) is 3.11. The van der Waals surface area contributed by atoms with E-state index in [0.717, 1.165) is 11.3 Å². The van der Waals surface area contributed by atoms with Crippen LogP contribution in [-0.4, -0.2) is 14.5 Å². The van der Waals surface area contributed by atoms with Crippen molar-refractivity contribution in [3.8, 4) is 0 Å². The average Bonchev–Trinajstić information content (AvgIpc) is 2.51. The van der Waals surface area contributed by atoms with Crippen LogP contribution in [0.2, 0.25) is 0 Å². The molecule has 13 heavy (non-hydrogen) atoms. The number of nitrogens with one attached hydrogen (secondary N) is 1. The number of nitrogens with zero attached hydrogens (tertiary/aromatic N) is 2. The zero-order chi connectivity index (χ0) is 9.26. The minimum Gasteiger partial charge on any atom is -0.376 e. The third kappa shape index (κ3) is 1.46. The van der Waals surface area contributed by atoms with Gasteiger partial charge in [-0.3, -0.25) is 0 Å². The van der Waals surface area contributed by atoms with E-state index in [9.17, 15) is 0 Å². The van der Waals surface area contributed by atoms with Crippen molar-refractivity contribution in [2.24, 2.45) is 5.73 Å². The van der Waals surface area contributed by atoms with Crippen LogP contribution in [0.15, 0.2) is 30.7 Å². The van der Waals surface area contributed by atoms with Crippen molar-refractivity contribution in [2.45, 2.75) is 0 Å². The number of hydrogen-bond donors (Lipinski definition) is 2. The quantitative estimate of drug-likeness (QED) is 0.661. The Morgan fingerprint density at radius 2 is 2.38 bits per heavy atom. The highest BCUT2D eigenvalue weighted by molar-refractivity contribution is 7.80. The molecule has 0 saturated carbocycles. The van der Waals surface area contributed by atoms with Gasteiger partial charge in [-0.1, -0.05) is 0 Å². The number of imidazole rings is 1. The Balaban J connectivity index is 2.54. The lowest BCUT2D eigenvalue weighted by molar-refractivity contribution is 1.19. The normalized spacial score (nSPS) is 10.2. The van der Waals surface area contributed by atoms with E-state index in [2.05, 4.69) is 10.3 Å². The smallest absolute Gasteiger partial charge is 0.168 e. The Bertz CT molecular complexity index is 448. The van der Waals surface area contributed by atoms with Crippen LogP contribution in [0.25, 0.3) is 5.65 Å². The molecule has 0 aliphatic rings. The number of thiocarbonyl (C=S) groups is 1. The van der Waals surface area contributed by atoms with E-state index in [1.807, 2.05) is 28.9 Å². The zero-order valence-electron chi connectivity index (χ0n) is 6.77. The van der Waals surface area contributed by atoms with E-state index < -0.39 is 0 Å². The van der Waals surface area contributed by atoms with Crippen molar-refractivity contribution >= 4 is 28.7 Å². The van der Waals surface area contributed by atoms with Crippen LogP contribution >= 0.6 is 12.2 Å². The molecule has 2 aromatic heterocycles. The summed E-state index contributed by atoms with van der Waals surface area (Å²) in [5.74, 6) is 0. The van der Waals surface area contributed by atoms with Gasteiger partial charge in [-0.05, 0) is 24.4 Å². The lowest BCUT2D eigenvalue weighted by Gasteiger charge is -2.04. The minimum absolute atomic E-state index is 0.246.